The van der Waals surface area contributed by atoms with Gasteiger partial charge in [0.05, 0.1) is 18.6 Å². The highest BCUT2D eigenvalue weighted by molar-refractivity contribution is 7.86. The van der Waals surface area contributed by atoms with Crippen molar-refractivity contribution in [2.24, 2.45) is 0 Å². The van der Waals surface area contributed by atoms with Crippen LogP contribution in [-0.2, 0) is 14.9 Å². The van der Waals surface area contributed by atoms with Gasteiger partial charge in [0.1, 0.15) is 0 Å². The third-order valence-electron chi connectivity index (χ3n) is 3.95. The molecule has 1 aliphatic rings. The zero-order chi connectivity index (χ0) is 17.6. The lowest BCUT2D eigenvalue weighted by atomic mass is 10.00. The summed E-state index contributed by atoms with van der Waals surface area (Å²) in [6.07, 6.45) is 1.68. The maximum Gasteiger partial charge on any atom is 0.282 e. The standard InChI is InChI=1S/C14H23N5O4S/c1-12-16-14(23-17-12)13-5-3-7-19(11-13)24(20,21)18(8-4-6-15)9-10-22-2/h13H,3-5,7-11H2,1-2H3. The number of methoxy groups -OCH3 is 1. The maximum absolute atomic E-state index is 12.9. The van der Waals surface area contributed by atoms with Gasteiger partial charge in [-0.3, -0.25) is 0 Å². The molecule has 1 saturated heterocycles. The Morgan fingerprint density at radius 3 is 2.92 bits per heavy atom. The zero-order valence-corrected chi connectivity index (χ0v) is 14.8. The number of nitriles is 1. The number of ether oxygens (including phenoxy) is 1. The summed E-state index contributed by atoms with van der Waals surface area (Å²) in [7, 11) is -2.14. The summed E-state index contributed by atoms with van der Waals surface area (Å²) < 4.78 is 38.7. The molecule has 0 spiro atoms. The van der Waals surface area contributed by atoms with Crippen molar-refractivity contribution in [1.29, 1.82) is 5.26 Å². The van der Waals surface area contributed by atoms with Gasteiger partial charge >= 0.3 is 0 Å². The molecule has 2 heterocycles. The molecular formula is C14H23N5O4S. The number of hydrogen-bond donors (Lipinski definition) is 0. The summed E-state index contributed by atoms with van der Waals surface area (Å²) in [6.45, 7) is 3.15. The first-order chi connectivity index (χ1) is 11.5. The van der Waals surface area contributed by atoms with Gasteiger partial charge in [0.25, 0.3) is 10.2 Å². The minimum Gasteiger partial charge on any atom is -0.383 e. The van der Waals surface area contributed by atoms with E-state index < -0.39 is 10.2 Å². The second kappa shape index (κ2) is 8.53. The van der Waals surface area contributed by atoms with Crippen LogP contribution in [0.25, 0.3) is 0 Å². The minimum absolute atomic E-state index is 0.102. The van der Waals surface area contributed by atoms with Crippen molar-refractivity contribution in [2.75, 3.05) is 39.9 Å². The predicted octanol–water partition coefficient (Wildman–Crippen LogP) is 0.664. The molecule has 1 fully saturated rings. The van der Waals surface area contributed by atoms with Crippen molar-refractivity contribution in [2.45, 2.75) is 32.1 Å². The Balaban J connectivity index is 2.12. The molecule has 0 amide bonds. The quantitative estimate of drug-likeness (QED) is 0.672. The number of piperidine rings is 1. The monoisotopic (exact) mass is 357 g/mol. The van der Waals surface area contributed by atoms with Gasteiger partial charge < -0.3 is 9.26 Å². The highest BCUT2D eigenvalue weighted by Gasteiger charge is 2.35. The van der Waals surface area contributed by atoms with Crippen molar-refractivity contribution in [3.05, 3.63) is 11.7 Å². The van der Waals surface area contributed by atoms with Crippen LogP contribution in [0.3, 0.4) is 0 Å². The molecule has 0 radical (unpaired) electrons. The number of hydrogen-bond acceptors (Lipinski definition) is 7. The fraction of sp³-hybridized carbons (Fsp3) is 0.786. The molecule has 10 heteroatoms. The molecule has 2 rings (SSSR count). The Morgan fingerprint density at radius 2 is 2.29 bits per heavy atom. The van der Waals surface area contributed by atoms with Crippen LogP contribution in [0.4, 0.5) is 0 Å². The lowest BCUT2D eigenvalue weighted by molar-refractivity contribution is 0.173. The summed E-state index contributed by atoms with van der Waals surface area (Å²) in [5.74, 6) is 0.920. The van der Waals surface area contributed by atoms with Gasteiger partial charge in [-0.15, -0.1) is 0 Å². The van der Waals surface area contributed by atoms with Crippen molar-refractivity contribution in [3.8, 4) is 6.07 Å². The molecule has 1 aromatic rings. The van der Waals surface area contributed by atoms with E-state index in [-0.39, 0.29) is 32.0 Å². The molecular weight excluding hydrogens is 334 g/mol. The summed E-state index contributed by atoms with van der Waals surface area (Å²) in [5.41, 5.74) is 0. The number of rotatable bonds is 8. The fourth-order valence-corrected chi connectivity index (χ4v) is 4.39. The zero-order valence-electron chi connectivity index (χ0n) is 14.0. The second-order valence-corrected chi connectivity index (χ2v) is 7.61. The van der Waals surface area contributed by atoms with Gasteiger partial charge in [0.15, 0.2) is 5.82 Å². The number of aromatic nitrogens is 2. The van der Waals surface area contributed by atoms with Crippen molar-refractivity contribution < 1.29 is 17.7 Å². The molecule has 1 unspecified atom stereocenters. The Hall–Kier alpha value is -1.54. The van der Waals surface area contributed by atoms with E-state index in [2.05, 4.69) is 10.1 Å². The summed E-state index contributed by atoms with van der Waals surface area (Å²) >= 11 is 0. The number of nitrogens with zero attached hydrogens (tertiary/aromatic N) is 5. The third-order valence-corrected chi connectivity index (χ3v) is 5.95. The van der Waals surface area contributed by atoms with E-state index in [0.717, 1.165) is 12.8 Å². The van der Waals surface area contributed by atoms with E-state index in [1.807, 2.05) is 6.07 Å². The molecule has 1 aliphatic heterocycles. The van der Waals surface area contributed by atoms with Gasteiger partial charge in [-0.25, -0.2) is 0 Å². The molecule has 134 valence electrons. The van der Waals surface area contributed by atoms with Crippen molar-refractivity contribution >= 4 is 10.2 Å². The summed E-state index contributed by atoms with van der Waals surface area (Å²) in [6, 6.07) is 1.99. The van der Waals surface area contributed by atoms with Crippen LogP contribution in [0.1, 0.15) is 36.9 Å². The van der Waals surface area contributed by atoms with Gasteiger partial charge in [0.2, 0.25) is 5.89 Å². The first-order valence-corrected chi connectivity index (χ1v) is 9.30. The van der Waals surface area contributed by atoms with E-state index in [4.69, 9.17) is 14.5 Å². The van der Waals surface area contributed by atoms with E-state index in [0.29, 0.717) is 24.8 Å². The van der Waals surface area contributed by atoms with Crippen LogP contribution in [0.2, 0.25) is 0 Å². The lowest BCUT2D eigenvalue weighted by Crippen LogP contribution is -2.48. The summed E-state index contributed by atoms with van der Waals surface area (Å²) in [4.78, 5) is 4.22. The fourth-order valence-electron chi connectivity index (χ4n) is 2.71. The second-order valence-electron chi connectivity index (χ2n) is 5.68. The molecule has 1 atom stereocenters. The molecule has 0 aromatic carbocycles. The highest BCUT2D eigenvalue weighted by atomic mass is 32.2. The first kappa shape index (κ1) is 18.8. The topological polar surface area (TPSA) is 113 Å². The highest BCUT2D eigenvalue weighted by Crippen LogP contribution is 2.28. The maximum atomic E-state index is 12.9. The van der Waals surface area contributed by atoms with Crippen molar-refractivity contribution in [3.63, 3.8) is 0 Å². The van der Waals surface area contributed by atoms with Crippen LogP contribution < -0.4 is 0 Å². The summed E-state index contributed by atoms with van der Waals surface area (Å²) in [5, 5.41) is 12.5. The molecule has 0 saturated carbocycles. The Labute approximate surface area is 142 Å². The minimum atomic E-state index is -3.66. The van der Waals surface area contributed by atoms with Crippen LogP contribution in [0, 0.1) is 18.3 Å². The van der Waals surface area contributed by atoms with E-state index in [9.17, 15) is 8.42 Å². The van der Waals surface area contributed by atoms with E-state index in [1.165, 1.54) is 15.7 Å². The largest absolute Gasteiger partial charge is 0.383 e. The lowest BCUT2D eigenvalue weighted by Gasteiger charge is -2.34. The van der Waals surface area contributed by atoms with Gasteiger partial charge in [-0.05, 0) is 19.8 Å². The third kappa shape index (κ3) is 4.51. The van der Waals surface area contributed by atoms with Crippen molar-refractivity contribution in [1.82, 2.24) is 18.8 Å². The predicted molar refractivity (Wildman–Crippen MR) is 85.2 cm³/mol. The van der Waals surface area contributed by atoms with E-state index in [1.54, 1.807) is 6.92 Å². The molecule has 1 aromatic heterocycles. The normalized spacial score (nSPS) is 19.5. The van der Waals surface area contributed by atoms with Crippen LogP contribution in [0.15, 0.2) is 4.52 Å². The van der Waals surface area contributed by atoms with Gasteiger partial charge in [-0.2, -0.15) is 27.3 Å². The Morgan fingerprint density at radius 1 is 1.50 bits per heavy atom. The molecule has 24 heavy (non-hydrogen) atoms. The molecule has 0 bridgehead atoms. The van der Waals surface area contributed by atoms with E-state index >= 15 is 0 Å². The van der Waals surface area contributed by atoms with Crippen LogP contribution in [-0.4, -0.2) is 67.1 Å². The van der Waals surface area contributed by atoms with Crippen LogP contribution in [0.5, 0.6) is 0 Å². The SMILES string of the molecule is COCCN(CCC#N)S(=O)(=O)N1CCCC(c2nc(C)no2)C1. The smallest absolute Gasteiger partial charge is 0.282 e. The first-order valence-electron chi connectivity index (χ1n) is 7.90. The number of aryl methyl sites for hydroxylation is 1. The Kier molecular flexibility index (Phi) is 6.68. The average Bonchev–Trinajstić information content (AvgIpc) is 3.01. The van der Waals surface area contributed by atoms with Gasteiger partial charge in [0, 0.05) is 39.7 Å². The molecule has 0 aliphatic carbocycles. The molecule has 9 nitrogen and oxygen atoms in total. The average molecular weight is 357 g/mol. The van der Waals surface area contributed by atoms with Crippen LogP contribution >= 0.6 is 0 Å². The van der Waals surface area contributed by atoms with Gasteiger partial charge in [-0.1, -0.05) is 5.16 Å². The molecule has 0 N–H and O–H groups in total. The Bertz CT molecular complexity index is 669.